The number of hydrogen-bond donors (Lipinski definition) is 1. The first kappa shape index (κ1) is 43.3. The Morgan fingerprint density at radius 2 is 0.978 bits per heavy atom. The van der Waals surface area contributed by atoms with Crippen LogP contribution in [0.4, 0.5) is 0 Å². The van der Waals surface area contributed by atoms with Gasteiger partial charge in [0.15, 0.2) is 6.10 Å². The van der Waals surface area contributed by atoms with Crippen molar-refractivity contribution >= 4 is 11.9 Å². The molecule has 0 saturated carbocycles. The fraction of sp³-hybridized carbons (Fsp3) is 0.659. The fourth-order valence-electron chi connectivity index (χ4n) is 4.71. The van der Waals surface area contributed by atoms with E-state index in [-0.39, 0.29) is 25.6 Å². The molecule has 1 unspecified atom stereocenters. The zero-order valence-corrected chi connectivity index (χ0v) is 29.6. The van der Waals surface area contributed by atoms with E-state index in [4.69, 9.17) is 9.47 Å². The molecule has 0 aliphatic heterocycles. The average Bonchev–Trinajstić information content (AvgIpc) is 3.06. The Balaban J connectivity index is 3.66. The number of aliphatic hydroxyl groups excluding tert-OH is 1. The van der Waals surface area contributed by atoms with Crippen molar-refractivity contribution in [2.45, 2.75) is 161 Å². The van der Waals surface area contributed by atoms with E-state index >= 15 is 0 Å². The molecule has 0 aromatic rings. The molecule has 0 aliphatic rings. The van der Waals surface area contributed by atoms with Gasteiger partial charge in [-0.05, 0) is 70.6 Å². The van der Waals surface area contributed by atoms with Gasteiger partial charge in [-0.15, -0.1) is 0 Å². The highest BCUT2D eigenvalue weighted by Crippen LogP contribution is 2.12. The SMILES string of the molecule is CC/C=C\C/C=C\C/C=C\C/C=C\CCC(=O)OC(CO)COC(=O)CCCCCCCCCCC/C=C\C/C=C\CCCCC. The van der Waals surface area contributed by atoms with Gasteiger partial charge in [0.1, 0.15) is 6.61 Å². The van der Waals surface area contributed by atoms with Crippen molar-refractivity contribution in [2.75, 3.05) is 13.2 Å². The first-order valence-electron chi connectivity index (χ1n) is 18.5. The fourth-order valence-corrected chi connectivity index (χ4v) is 4.71. The predicted molar refractivity (Wildman–Crippen MR) is 196 cm³/mol. The van der Waals surface area contributed by atoms with Gasteiger partial charge in [0.05, 0.1) is 6.61 Å². The Morgan fingerprint density at radius 3 is 1.50 bits per heavy atom. The standard InChI is InChI=1S/C41H68O5/c1-3-5-7-9-11-13-15-17-18-19-20-21-22-24-25-27-29-31-33-35-40(43)45-38-39(37-42)46-41(44)36-34-32-30-28-26-23-16-14-12-10-8-6-4-2/h6,8,11-14,17-18,23,26,30,32,39,42H,3-5,7,9-10,15-16,19-22,24-25,27-29,31,33-38H2,1-2H3/b8-6-,13-11-,14-12-,18-17-,26-23-,32-30-. The van der Waals surface area contributed by atoms with Crippen molar-refractivity contribution in [3.8, 4) is 0 Å². The van der Waals surface area contributed by atoms with Crippen LogP contribution in [0.1, 0.15) is 155 Å². The monoisotopic (exact) mass is 641 g/mol. The van der Waals surface area contributed by atoms with Crippen molar-refractivity contribution < 1.29 is 24.2 Å². The quantitative estimate of drug-likeness (QED) is 0.0450. The molecule has 0 aliphatic carbocycles. The maximum atomic E-state index is 12.1. The van der Waals surface area contributed by atoms with Crippen molar-refractivity contribution in [1.29, 1.82) is 0 Å². The molecular formula is C41H68O5. The summed E-state index contributed by atoms with van der Waals surface area (Å²) in [5.41, 5.74) is 0. The average molecular weight is 641 g/mol. The molecule has 0 heterocycles. The molecule has 0 aromatic carbocycles. The molecule has 5 heteroatoms. The van der Waals surface area contributed by atoms with E-state index in [2.05, 4.69) is 74.6 Å². The lowest BCUT2D eigenvalue weighted by atomic mass is 10.1. The first-order chi connectivity index (χ1) is 22.6. The highest BCUT2D eigenvalue weighted by molar-refractivity contribution is 5.70. The molecule has 1 N–H and O–H groups in total. The Labute approximate surface area is 283 Å². The van der Waals surface area contributed by atoms with Crippen LogP contribution >= 0.6 is 0 Å². The summed E-state index contributed by atoms with van der Waals surface area (Å²) in [6, 6.07) is 0. The van der Waals surface area contributed by atoms with Crippen LogP contribution in [0.5, 0.6) is 0 Å². The van der Waals surface area contributed by atoms with Crippen LogP contribution in [-0.4, -0.2) is 36.4 Å². The zero-order valence-electron chi connectivity index (χ0n) is 29.6. The highest BCUT2D eigenvalue weighted by Gasteiger charge is 2.15. The van der Waals surface area contributed by atoms with E-state index < -0.39 is 12.1 Å². The molecule has 0 saturated heterocycles. The summed E-state index contributed by atoms with van der Waals surface area (Å²) in [6.07, 6.45) is 48.3. The number of hydrogen-bond acceptors (Lipinski definition) is 5. The van der Waals surface area contributed by atoms with Crippen molar-refractivity contribution in [2.24, 2.45) is 0 Å². The maximum absolute atomic E-state index is 12.1. The lowest BCUT2D eigenvalue weighted by molar-refractivity contribution is -0.161. The minimum absolute atomic E-state index is 0.100. The number of carbonyl (C=O) groups is 2. The van der Waals surface area contributed by atoms with Crippen LogP contribution < -0.4 is 0 Å². The third kappa shape index (κ3) is 34.2. The van der Waals surface area contributed by atoms with Crippen molar-refractivity contribution in [3.63, 3.8) is 0 Å². The number of allylic oxidation sites excluding steroid dienone is 12. The molecule has 0 fully saturated rings. The van der Waals surface area contributed by atoms with Gasteiger partial charge in [-0.25, -0.2) is 0 Å². The third-order valence-electron chi connectivity index (χ3n) is 7.50. The van der Waals surface area contributed by atoms with E-state index in [0.717, 1.165) is 51.4 Å². The van der Waals surface area contributed by atoms with Gasteiger partial charge in [0, 0.05) is 12.8 Å². The molecule has 5 nitrogen and oxygen atoms in total. The lowest BCUT2D eigenvalue weighted by Crippen LogP contribution is -2.28. The van der Waals surface area contributed by atoms with Gasteiger partial charge in [0.25, 0.3) is 0 Å². The number of rotatable bonds is 32. The summed E-state index contributed by atoms with van der Waals surface area (Å²) in [6.45, 7) is 3.91. The van der Waals surface area contributed by atoms with Gasteiger partial charge >= 0.3 is 11.9 Å². The normalized spacial score (nSPS) is 13.0. The van der Waals surface area contributed by atoms with Gasteiger partial charge in [-0.2, -0.15) is 0 Å². The number of carbonyl (C=O) groups excluding carboxylic acids is 2. The van der Waals surface area contributed by atoms with E-state index in [9.17, 15) is 14.7 Å². The van der Waals surface area contributed by atoms with Crippen LogP contribution in [-0.2, 0) is 19.1 Å². The molecule has 46 heavy (non-hydrogen) atoms. The van der Waals surface area contributed by atoms with Crippen LogP contribution in [0.15, 0.2) is 72.9 Å². The molecule has 0 aromatic heterocycles. The summed E-state index contributed by atoms with van der Waals surface area (Å²) in [5, 5.41) is 9.51. The smallest absolute Gasteiger partial charge is 0.306 e. The van der Waals surface area contributed by atoms with Crippen LogP contribution in [0, 0.1) is 0 Å². The molecule has 0 spiro atoms. The Hall–Kier alpha value is -2.66. The largest absolute Gasteiger partial charge is 0.462 e. The number of aliphatic hydroxyl groups is 1. The second-order valence-electron chi connectivity index (χ2n) is 11.9. The summed E-state index contributed by atoms with van der Waals surface area (Å²) in [7, 11) is 0. The molecule has 0 rings (SSSR count). The van der Waals surface area contributed by atoms with Crippen LogP contribution in [0.2, 0.25) is 0 Å². The maximum Gasteiger partial charge on any atom is 0.306 e. The number of esters is 2. The molecular weight excluding hydrogens is 572 g/mol. The number of ether oxygens (including phenoxy) is 2. The predicted octanol–water partition coefficient (Wildman–Crippen LogP) is 11.4. The highest BCUT2D eigenvalue weighted by atomic mass is 16.6. The van der Waals surface area contributed by atoms with Gasteiger partial charge < -0.3 is 14.6 Å². The van der Waals surface area contributed by atoms with Crippen LogP contribution in [0.3, 0.4) is 0 Å². The summed E-state index contributed by atoms with van der Waals surface area (Å²) >= 11 is 0. The minimum Gasteiger partial charge on any atom is -0.462 e. The Kier molecular flexibility index (Phi) is 34.7. The second kappa shape index (κ2) is 36.8. The Bertz CT molecular complexity index is 864. The third-order valence-corrected chi connectivity index (χ3v) is 7.50. The van der Waals surface area contributed by atoms with Crippen molar-refractivity contribution in [1.82, 2.24) is 0 Å². The molecule has 0 amide bonds. The van der Waals surface area contributed by atoms with Gasteiger partial charge in [-0.3, -0.25) is 9.59 Å². The molecule has 1 atom stereocenters. The van der Waals surface area contributed by atoms with E-state index in [1.165, 1.54) is 70.6 Å². The summed E-state index contributed by atoms with van der Waals surface area (Å²) < 4.78 is 10.5. The Morgan fingerprint density at radius 1 is 0.522 bits per heavy atom. The molecule has 0 radical (unpaired) electrons. The summed E-state index contributed by atoms with van der Waals surface area (Å²) in [4.78, 5) is 24.1. The van der Waals surface area contributed by atoms with E-state index in [1.54, 1.807) is 0 Å². The van der Waals surface area contributed by atoms with Gasteiger partial charge in [-0.1, -0.05) is 145 Å². The van der Waals surface area contributed by atoms with Crippen LogP contribution in [0.25, 0.3) is 0 Å². The van der Waals surface area contributed by atoms with Gasteiger partial charge in [0.2, 0.25) is 0 Å². The minimum atomic E-state index is -0.813. The second-order valence-corrected chi connectivity index (χ2v) is 11.9. The zero-order chi connectivity index (χ0) is 33.6. The molecule has 0 bridgehead atoms. The topological polar surface area (TPSA) is 72.8 Å². The van der Waals surface area contributed by atoms with Crippen molar-refractivity contribution in [3.05, 3.63) is 72.9 Å². The first-order valence-corrected chi connectivity index (χ1v) is 18.5. The van der Waals surface area contributed by atoms with E-state index in [1.807, 2.05) is 12.2 Å². The molecule has 262 valence electrons. The lowest BCUT2D eigenvalue weighted by Gasteiger charge is -2.15. The van der Waals surface area contributed by atoms with E-state index in [0.29, 0.717) is 12.8 Å². The summed E-state index contributed by atoms with van der Waals surface area (Å²) in [5.74, 6) is -0.697. The number of unbranched alkanes of at least 4 members (excludes halogenated alkanes) is 12.